The molecule has 2 aromatic rings. The number of nitrogens with zero attached hydrogens (tertiary/aromatic N) is 1. The molecule has 0 spiro atoms. The van der Waals surface area contributed by atoms with Crippen LogP contribution in [0.3, 0.4) is 0 Å². The first kappa shape index (κ1) is 19.5. The average Bonchev–Trinajstić information content (AvgIpc) is 2.62. The van der Waals surface area contributed by atoms with E-state index in [4.69, 9.17) is 28.6 Å². The van der Waals surface area contributed by atoms with E-state index in [0.717, 1.165) is 4.47 Å². The molecule has 0 unspecified atom stereocenters. The van der Waals surface area contributed by atoms with E-state index in [1.165, 1.54) is 11.0 Å². The number of anilines is 1. The van der Waals surface area contributed by atoms with Gasteiger partial charge in [-0.3, -0.25) is 19.8 Å². The van der Waals surface area contributed by atoms with Gasteiger partial charge in [-0.05, 0) is 67.2 Å². The molecule has 0 radical (unpaired) electrons. The molecule has 1 heterocycles. The second kappa shape index (κ2) is 8.21. The van der Waals surface area contributed by atoms with Crippen molar-refractivity contribution in [3.63, 3.8) is 0 Å². The SMILES string of the molecule is CCOc1ccc(/C=C2\C(=O)NC(=S)N(c3ccc(Br)cc3)C2=O)cc1Cl. The van der Waals surface area contributed by atoms with Crippen LogP contribution in [0.4, 0.5) is 5.69 Å². The number of carbonyl (C=O) groups excluding carboxylic acids is 2. The highest BCUT2D eigenvalue weighted by molar-refractivity contribution is 9.10. The summed E-state index contributed by atoms with van der Waals surface area (Å²) in [7, 11) is 0. The number of rotatable bonds is 4. The van der Waals surface area contributed by atoms with Gasteiger partial charge in [-0.15, -0.1) is 0 Å². The first-order chi connectivity index (χ1) is 12.9. The minimum absolute atomic E-state index is 0.0354. The van der Waals surface area contributed by atoms with Crippen LogP contribution >= 0.6 is 39.7 Å². The molecule has 5 nitrogen and oxygen atoms in total. The van der Waals surface area contributed by atoms with E-state index in [-0.39, 0.29) is 10.7 Å². The Morgan fingerprint density at radius 1 is 1.22 bits per heavy atom. The summed E-state index contributed by atoms with van der Waals surface area (Å²) in [5.74, 6) is -0.516. The van der Waals surface area contributed by atoms with Gasteiger partial charge in [0.15, 0.2) is 5.11 Å². The molecule has 1 aliphatic heterocycles. The predicted octanol–water partition coefficient (Wildman–Crippen LogP) is 4.33. The summed E-state index contributed by atoms with van der Waals surface area (Å²) in [5, 5.41) is 2.98. The Balaban J connectivity index is 1.96. The Morgan fingerprint density at radius 3 is 2.56 bits per heavy atom. The van der Waals surface area contributed by atoms with E-state index >= 15 is 0 Å². The maximum Gasteiger partial charge on any atom is 0.270 e. The number of hydrogen-bond donors (Lipinski definition) is 1. The van der Waals surface area contributed by atoms with Crippen molar-refractivity contribution in [1.29, 1.82) is 0 Å². The van der Waals surface area contributed by atoms with Gasteiger partial charge in [-0.2, -0.15) is 0 Å². The van der Waals surface area contributed by atoms with Crippen LogP contribution in [0.1, 0.15) is 12.5 Å². The number of thiocarbonyl (C=S) groups is 1. The standard InChI is InChI=1S/C19H14BrClN2O3S/c1-2-26-16-8-3-11(10-15(16)21)9-14-17(24)22-19(27)23(18(14)25)13-6-4-12(20)5-7-13/h3-10H,2H2,1H3,(H,22,24,27)/b14-9+. The molecule has 1 aliphatic rings. The molecule has 0 aromatic heterocycles. The van der Waals surface area contributed by atoms with Crippen LogP contribution in [0.15, 0.2) is 52.5 Å². The molecule has 1 fully saturated rings. The van der Waals surface area contributed by atoms with Gasteiger partial charge in [-0.25, -0.2) is 0 Å². The molecular weight excluding hydrogens is 452 g/mol. The summed E-state index contributed by atoms with van der Waals surface area (Å²) in [5.41, 5.74) is 1.13. The zero-order valence-electron chi connectivity index (χ0n) is 14.2. The summed E-state index contributed by atoms with van der Waals surface area (Å²) in [6.45, 7) is 2.34. The number of benzene rings is 2. The monoisotopic (exact) mass is 464 g/mol. The first-order valence-corrected chi connectivity index (χ1v) is 9.58. The summed E-state index contributed by atoms with van der Waals surface area (Å²) in [6, 6.07) is 12.1. The van der Waals surface area contributed by atoms with Gasteiger partial charge < -0.3 is 4.74 Å². The fourth-order valence-electron chi connectivity index (χ4n) is 2.53. The maximum atomic E-state index is 12.9. The Labute approximate surface area is 175 Å². The van der Waals surface area contributed by atoms with Crippen LogP contribution in [0.5, 0.6) is 5.75 Å². The minimum atomic E-state index is -0.552. The number of halogens is 2. The number of ether oxygens (including phenoxy) is 1. The molecule has 27 heavy (non-hydrogen) atoms. The summed E-state index contributed by atoms with van der Waals surface area (Å²) in [4.78, 5) is 26.5. The van der Waals surface area contributed by atoms with Crippen LogP contribution in [-0.2, 0) is 9.59 Å². The molecule has 0 atom stereocenters. The van der Waals surface area contributed by atoms with E-state index < -0.39 is 11.8 Å². The van der Waals surface area contributed by atoms with Crippen LogP contribution in [0.25, 0.3) is 6.08 Å². The number of hydrogen-bond acceptors (Lipinski definition) is 4. The van der Waals surface area contributed by atoms with Gasteiger partial charge in [0, 0.05) is 4.47 Å². The Hall–Kier alpha value is -2.22. The summed E-state index contributed by atoms with van der Waals surface area (Å²) >= 11 is 14.7. The van der Waals surface area contributed by atoms with Gasteiger partial charge in [0.1, 0.15) is 11.3 Å². The zero-order valence-corrected chi connectivity index (χ0v) is 17.3. The van der Waals surface area contributed by atoms with Crippen molar-refractivity contribution in [1.82, 2.24) is 5.32 Å². The summed E-state index contributed by atoms with van der Waals surface area (Å²) < 4.78 is 6.26. The molecule has 1 saturated heterocycles. The third kappa shape index (κ3) is 4.21. The Morgan fingerprint density at radius 2 is 1.93 bits per heavy atom. The minimum Gasteiger partial charge on any atom is -0.492 e. The van der Waals surface area contributed by atoms with E-state index in [2.05, 4.69) is 21.2 Å². The third-order valence-corrected chi connectivity index (χ3v) is 4.86. The Bertz CT molecular complexity index is 960. The molecule has 2 aromatic carbocycles. The van der Waals surface area contributed by atoms with E-state index in [1.807, 2.05) is 6.92 Å². The maximum absolute atomic E-state index is 12.9. The van der Waals surface area contributed by atoms with Crippen LogP contribution in [0.2, 0.25) is 5.02 Å². The lowest BCUT2D eigenvalue weighted by Gasteiger charge is -2.29. The van der Waals surface area contributed by atoms with Gasteiger partial charge in [0.2, 0.25) is 0 Å². The molecule has 0 aliphatic carbocycles. The van der Waals surface area contributed by atoms with E-state index in [9.17, 15) is 9.59 Å². The van der Waals surface area contributed by atoms with Crippen molar-refractivity contribution in [3.05, 3.63) is 63.1 Å². The molecule has 0 saturated carbocycles. The van der Waals surface area contributed by atoms with Gasteiger partial charge in [-0.1, -0.05) is 33.6 Å². The van der Waals surface area contributed by atoms with Crippen LogP contribution < -0.4 is 15.0 Å². The molecule has 0 bridgehead atoms. The van der Waals surface area contributed by atoms with Crippen molar-refractivity contribution in [2.45, 2.75) is 6.92 Å². The van der Waals surface area contributed by atoms with Gasteiger partial charge in [0.25, 0.3) is 11.8 Å². The zero-order chi connectivity index (χ0) is 19.6. The smallest absolute Gasteiger partial charge is 0.270 e. The highest BCUT2D eigenvalue weighted by atomic mass is 79.9. The molecular formula is C19H14BrClN2O3S. The summed E-state index contributed by atoms with van der Waals surface area (Å²) in [6.07, 6.45) is 1.48. The fraction of sp³-hybridized carbons (Fsp3) is 0.105. The second-order valence-corrected chi connectivity index (χ2v) is 7.27. The quantitative estimate of drug-likeness (QED) is 0.415. The van der Waals surface area contributed by atoms with Crippen molar-refractivity contribution < 1.29 is 14.3 Å². The van der Waals surface area contributed by atoms with Crippen molar-refractivity contribution in [2.24, 2.45) is 0 Å². The molecule has 138 valence electrons. The predicted molar refractivity (Wildman–Crippen MR) is 113 cm³/mol. The first-order valence-electron chi connectivity index (χ1n) is 8.00. The topological polar surface area (TPSA) is 58.6 Å². The molecule has 1 N–H and O–H groups in total. The van der Waals surface area contributed by atoms with Crippen LogP contribution in [-0.4, -0.2) is 23.5 Å². The third-order valence-electron chi connectivity index (χ3n) is 3.75. The second-order valence-electron chi connectivity index (χ2n) is 5.56. The lowest BCUT2D eigenvalue weighted by atomic mass is 10.1. The van der Waals surface area contributed by atoms with Gasteiger partial charge in [0.05, 0.1) is 17.3 Å². The average molecular weight is 466 g/mol. The fourth-order valence-corrected chi connectivity index (χ4v) is 3.32. The number of nitrogens with one attached hydrogen (secondary N) is 1. The number of amides is 2. The highest BCUT2D eigenvalue weighted by Crippen LogP contribution is 2.28. The highest BCUT2D eigenvalue weighted by Gasteiger charge is 2.34. The molecule has 8 heteroatoms. The molecule has 2 amide bonds. The van der Waals surface area contributed by atoms with Crippen molar-refractivity contribution in [3.8, 4) is 5.75 Å². The van der Waals surface area contributed by atoms with Crippen LogP contribution in [0, 0.1) is 0 Å². The van der Waals surface area contributed by atoms with Gasteiger partial charge >= 0.3 is 0 Å². The number of carbonyl (C=O) groups is 2. The molecule has 3 rings (SSSR count). The lowest BCUT2D eigenvalue weighted by molar-refractivity contribution is -0.122. The largest absolute Gasteiger partial charge is 0.492 e. The normalized spacial score (nSPS) is 15.9. The Kier molecular flexibility index (Phi) is 5.94. The van der Waals surface area contributed by atoms with E-state index in [1.54, 1.807) is 42.5 Å². The van der Waals surface area contributed by atoms with Crippen molar-refractivity contribution in [2.75, 3.05) is 11.5 Å². The van der Waals surface area contributed by atoms with Crippen molar-refractivity contribution >= 4 is 68.4 Å². The lowest BCUT2D eigenvalue weighted by Crippen LogP contribution is -2.54. The van der Waals surface area contributed by atoms with E-state index in [0.29, 0.717) is 28.6 Å².